The average Bonchev–Trinajstić information content (AvgIpc) is 2.69. The first-order chi connectivity index (χ1) is 9.57. The van der Waals surface area contributed by atoms with Gasteiger partial charge < -0.3 is 5.32 Å². The van der Waals surface area contributed by atoms with Crippen molar-refractivity contribution in [2.45, 2.75) is 84.7 Å². The van der Waals surface area contributed by atoms with E-state index in [-0.39, 0.29) is 5.54 Å². The Balaban J connectivity index is 2.93. The number of nitrogens with one attached hydrogen (secondary N) is 1. The zero-order valence-corrected chi connectivity index (χ0v) is 14.5. The van der Waals surface area contributed by atoms with Crippen molar-refractivity contribution in [1.82, 2.24) is 10.2 Å². The van der Waals surface area contributed by atoms with E-state index in [2.05, 4.69) is 50.9 Å². The van der Waals surface area contributed by atoms with E-state index < -0.39 is 0 Å². The van der Waals surface area contributed by atoms with Crippen LogP contribution in [-0.2, 0) is 0 Å². The first-order valence-electron chi connectivity index (χ1n) is 8.75. The van der Waals surface area contributed by atoms with E-state index in [1.165, 1.54) is 38.5 Å². The molecule has 0 aromatic heterocycles. The Kier molecular flexibility index (Phi) is 7.83. The van der Waals surface area contributed by atoms with Crippen molar-refractivity contribution in [1.29, 1.82) is 0 Å². The first kappa shape index (κ1) is 17.7. The Morgan fingerprint density at radius 1 is 1.15 bits per heavy atom. The predicted octanol–water partition coefficient (Wildman–Crippen LogP) is 4.37. The summed E-state index contributed by atoms with van der Waals surface area (Å²) in [6.45, 7) is 15.0. The lowest BCUT2D eigenvalue weighted by atomic mass is 9.84. The normalized spacial score (nSPS) is 18.8. The summed E-state index contributed by atoms with van der Waals surface area (Å²) in [6.07, 6.45) is 10.4. The summed E-state index contributed by atoms with van der Waals surface area (Å²) >= 11 is 0. The van der Waals surface area contributed by atoms with Crippen molar-refractivity contribution < 1.29 is 0 Å². The molecule has 0 spiro atoms. The van der Waals surface area contributed by atoms with Gasteiger partial charge in [-0.05, 0) is 65.6 Å². The molecule has 1 aliphatic rings. The predicted molar refractivity (Wildman–Crippen MR) is 90.2 cm³/mol. The molecule has 0 aliphatic heterocycles. The standard InChI is InChI=1S/C18H36N2/c1-6-15-19-17(16-13-11-9-10-12-14-16)18(4,5)20(7-2)8-3/h13,17,19H,6-12,14-15H2,1-5H3. The number of hydrogen-bond donors (Lipinski definition) is 1. The highest BCUT2D eigenvalue weighted by Gasteiger charge is 2.35. The van der Waals surface area contributed by atoms with Gasteiger partial charge in [-0.25, -0.2) is 0 Å². The van der Waals surface area contributed by atoms with Crippen molar-refractivity contribution in [3.63, 3.8) is 0 Å². The molecular formula is C18H36N2. The second-order valence-corrected chi connectivity index (χ2v) is 6.59. The summed E-state index contributed by atoms with van der Waals surface area (Å²) in [7, 11) is 0. The van der Waals surface area contributed by atoms with Gasteiger partial charge in [-0.3, -0.25) is 4.90 Å². The van der Waals surface area contributed by atoms with E-state index in [1.807, 2.05) is 0 Å². The minimum absolute atomic E-state index is 0.189. The molecule has 1 aliphatic carbocycles. The largest absolute Gasteiger partial charge is 0.309 e. The molecule has 20 heavy (non-hydrogen) atoms. The van der Waals surface area contributed by atoms with Crippen LogP contribution in [0.3, 0.4) is 0 Å². The van der Waals surface area contributed by atoms with Crippen LogP contribution in [0.15, 0.2) is 11.6 Å². The minimum atomic E-state index is 0.189. The molecule has 1 atom stereocenters. The maximum Gasteiger partial charge on any atom is 0.0461 e. The van der Waals surface area contributed by atoms with Gasteiger partial charge in [0.15, 0.2) is 0 Å². The van der Waals surface area contributed by atoms with Crippen LogP contribution < -0.4 is 5.32 Å². The van der Waals surface area contributed by atoms with Crippen LogP contribution in [-0.4, -0.2) is 36.1 Å². The van der Waals surface area contributed by atoms with E-state index in [9.17, 15) is 0 Å². The minimum Gasteiger partial charge on any atom is -0.309 e. The smallest absolute Gasteiger partial charge is 0.0461 e. The molecule has 2 nitrogen and oxygen atoms in total. The van der Waals surface area contributed by atoms with Gasteiger partial charge in [-0.15, -0.1) is 0 Å². The van der Waals surface area contributed by atoms with Gasteiger partial charge in [-0.1, -0.05) is 38.8 Å². The lowest BCUT2D eigenvalue weighted by Gasteiger charge is -2.45. The highest BCUT2D eigenvalue weighted by molar-refractivity contribution is 5.19. The Labute approximate surface area is 127 Å². The van der Waals surface area contributed by atoms with Crippen LogP contribution in [0.5, 0.6) is 0 Å². The van der Waals surface area contributed by atoms with E-state index in [4.69, 9.17) is 0 Å². The molecule has 1 N–H and O–H groups in total. The molecule has 0 bridgehead atoms. The van der Waals surface area contributed by atoms with Crippen LogP contribution in [0.2, 0.25) is 0 Å². The molecule has 0 fully saturated rings. The summed E-state index contributed by atoms with van der Waals surface area (Å²) in [5.41, 5.74) is 1.85. The third-order valence-corrected chi connectivity index (χ3v) is 4.83. The molecule has 118 valence electrons. The SMILES string of the molecule is CCCNC(C1=CCCCCC1)C(C)(C)N(CC)CC. The zero-order chi connectivity index (χ0) is 15.0. The summed E-state index contributed by atoms with van der Waals surface area (Å²) in [4.78, 5) is 2.60. The number of hydrogen-bond acceptors (Lipinski definition) is 2. The summed E-state index contributed by atoms with van der Waals surface area (Å²) in [5, 5.41) is 3.85. The molecule has 0 aromatic rings. The Bertz CT molecular complexity index is 290. The Morgan fingerprint density at radius 2 is 1.85 bits per heavy atom. The fourth-order valence-corrected chi connectivity index (χ4v) is 3.65. The topological polar surface area (TPSA) is 15.3 Å². The van der Waals surface area contributed by atoms with Crippen LogP contribution >= 0.6 is 0 Å². The van der Waals surface area contributed by atoms with Gasteiger partial charge in [0.2, 0.25) is 0 Å². The lowest BCUT2D eigenvalue weighted by Crippen LogP contribution is -2.58. The second kappa shape index (κ2) is 8.84. The van der Waals surface area contributed by atoms with Gasteiger partial charge in [-0.2, -0.15) is 0 Å². The molecule has 0 saturated heterocycles. The lowest BCUT2D eigenvalue weighted by molar-refractivity contribution is 0.103. The fraction of sp³-hybridized carbons (Fsp3) is 0.889. The molecular weight excluding hydrogens is 244 g/mol. The highest BCUT2D eigenvalue weighted by Crippen LogP contribution is 2.29. The van der Waals surface area contributed by atoms with Crippen molar-refractivity contribution >= 4 is 0 Å². The highest BCUT2D eigenvalue weighted by atomic mass is 15.2. The molecule has 2 heteroatoms. The third kappa shape index (κ3) is 4.60. The van der Waals surface area contributed by atoms with Crippen LogP contribution in [0.1, 0.15) is 73.1 Å². The number of likely N-dealkylation sites (N-methyl/N-ethyl adjacent to an activating group) is 1. The molecule has 0 radical (unpaired) electrons. The van der Waals surface area contributed by atoms with Crippen molar-refractivity contribution in [2.24, 2.45) is 0 Å². The third-order valence-electron chi connectivity index (χ3n) is 4.83. The van der Waals surface area contributed by atoms with E-state index in [0.29, 0.717) is 6.04 Å². The molecule has 0 saturated carbocycles. The average molecular weight is 280 g/mol. The maximum atomic E-state index is 3.85. The van der Waals surface area contributed by atoms with Crippen molar-refractivity contribution in [2.75, 3.05) is 19.6 Å². The van der Waals surface area contributed by atoms with E-state index in [1.54, 1.807) is 5.57 Å². The van der Waals surface area contributed by atoms with Gasteiger partial charge >= 0.3 is 0 Å². The van der Waals surface area contributed by atoms with E-state index >= 15 is 0 Å². The summed E-state index contributed by atoms with van der Waals surface area (Å²) < 4.78 is 0. The number of nitrogens with zero attached hydrogens (tertiary/aromatic N) is 1. The summed E-state index contributed by atoms with van der Waals surface area (Å²) in [5.74, 6) is 0. The molecule has 0 aromatic carbocycles. The van der Waals surface area contributed by atoms with Gasteiger partial charge in [0.05, 0.1) is 0 Å². The molecule has 0 amide bonds. The monoisotopic (exact) mass is 280 g/mol. The maximum absolute atomic E-state index is 3.85. The van der Waals surface area contributed by atoms with Crippen LogP contribution in [0.4, 0.5) is 0 Å². The van der Waals surface area contributed by atoms with Gasteiger partial charge in [0, 0.05) is 11.6 Å². The Hall–Kier alpha value is -0.340. The van der Waals surface area contributed by atoms with Crippen LogP contribution in [0.25, 0.3) is 0 Å². The quantitative estimate of drug-likeness (QED) is 0.664. The van der Waals surface area contributed by atoms with Crippen molar-refractivity contribution in [3.05, 3.63) is 11.6 Å². The number of allylic oxidation sites excluding steroid dienone is 1. The first-order valence-corrected chi connectivity index (χ1v) is 8.75. The van der Waals surface area contributed by atoms with Gasteiger partial charge in [0.1, 0.15) is 0 Å². The zero-order valence-electron chi connectivity index (χ0n) is 14.5. The number of rotatable bonds is 8. The van der Waals surface area contributed by atoms with Crippen LogP contribution in [0, 0.1) is 0 Å². The second-order valence-electron chi connectivity index (χ2n) is 6.59. The molecule has 1 unspecified atom stereocenters. The fourth-order valence-electron chi connectivity index (χ4n) is 3.65. The van der Waals surface area contributed by atoms with Gasteiger partial charge in [0.25, 0.3) is 0 Å². The van der Waals surface area contributed by atoms with Crippen molar-refractivity contribution in [3.8, 4) is 0 Å². The molecule has 1 rings (SSSR count). The molecule has 0 heterocycles. The van der Waals surface area contributed by atoms with E-state index in [0.717, 1.165) is 19.6 Å². The Morgan fingerprint density at radius 3 is 2.45 bits per heavy atom. The summed E-state index contributed by atoms with van der Waals surface area (Å²) in [6, 6.07) is 0.500.